The Kier molecular flexibility index (Phi) is 7.00. The third-order valence-corrected chi connectivity index (χ3v) is 3.36. The van der Waals surface area contributed by atoms with E-state index in [1.165, 1.54) is 4.90 Å². The Morgan fingerprint density at radius 3 is 2.65 bits per heavy atom. The second-order valence-electron chi connectivity index (χ2n) is 4.94. The summed E-state index contributed by atoms with van der Waals surface area (Å²) < 4.78 is 0. The van der Waals surface area contributed by atoms with Crippen molar-refractivity contribution in [3.05, 3.63) is 0 Å². The van der Waals surface area contributed by atoms with Gasteiger partial charge < -0.3 is 21.1 Å². The van der Waals surface area contributed by atoms with Crippen molar-refractivity contribution in [3.8, 4) is 0 Å². The van der Waals surface area contributed by atoms with E-state index in [2.05, 4.69) is 5.32 Å². The molecule has 0 bridgehead atoms. The molecule has 1 unspecified atom stereocenters. The van der Waals surface area contributed by atoms with Crippen LogP contribution in [0.15, 0.2) is 0 Å². The largest absolute Gasteiger partial charge is 0.481 e. The normalized spacial score (nSPS) is 18.8. The Labute approximate surface area is 118 Å². The zero-order chi connectivity index (χ0) is 15.0. The monoisotopic (exact) mass is 285 g/mol. The highest BCUT2D eigenvalue weighted by Crippen LogP contribution is 2.13. The SMILES string of the molecule is NCCCCCCC(=O)N1CCNC(=O)C1CC(=O)O. The van der Waals surface area contributed by atoms with Gasteiger partial charge in [-0.2, -0.15) is 0 Å². The van der Waals surface area contributed by atoms with E-state index in [9.17, 15) is 14.4 Å². The number of hydrogen-bond acceptors (Lipinski definition) is 4. The van der Waals surface area contributed by atoms with Gasteiger partial charge in [0.2, 0.25) is 11.8 Å². The second-order valence-corrected chi connectivity index (χ2v) is 4.94. The molecule has 0 aromatic rings. The summed E-state index contributed by atoms with van der Waals surface area (Å²) in [6.45, 7) is 1.42. The number of carboxylic acid groups (broad SMARTS) is 1. The molecule has 0 aliphatic carbocycles. The molecular formula is C13H23N3O4. The molecule has 0 aromatic carbocycles. The zero-order valence-corrected chi connectivity index (χ0v) is 11.6. The van der Waals surface area contributed by atoms with E-state index < -0.39 is 12.0 Å². The van der Waals surface area contributed by atoms with Crippen LogP contribution in [-0.4, -0.2) is 53.5 Å². The minimum Gasteiger partial charge on any atom is -0.481 e. The van der Waals surface area contributed by atoms with E-state index in [0.717, 1.165) is 25.7 Å². The predicted molar refractivity (Wildman–Crippen MR) is 72.9 cm³/mol. The average Bonchev–Trinajstić information content (AvgIpc) is 2.40. The van der Waals surface area contributed by atoms with E-state index in [1.54, 1.807) is 0 Å². The first-order chi connectivity index (χ1) is 9.56. The van der Waals surface area contributed by atoms with Crippen molar-refractivity contribution in [3.63, 3.8) is 0 Å². The van der Waals surface area contributed by atoms with E-state index in [-0.39, 0.29) is 18.2 Å². The van der Waals surface area contributed by atoms with Crippen LogP contribution in [0.4, 0.5) is 0 Å². The molecule has 0 spiro atoms. The van der Waals surface area contributed by atoms with Crippen LogP contribution >= 0.6 is 0 Å². The van der Waals surface area contributed by atoms with Crippen LogP contribution in [0.1, 0.15) is 38.5 Å². The summed E-state index contributed by atoms with van der Waals surface area (Å²) in [5, 5.41) is 11.4. The van der Waals surface area contributed by atoms with E-state index in [1.807, 2.05) is 0 Å². The van der Waals surface area contributed by atoms with Crippen molar-refractivity contribution in [2.45, 2.75) is 44.6 Å². The second kappa shape index (κ2) is 8.52. The smallest absolute Gasteiger partial charge is 0.305 e. The summed E-state index contributed by atoms with van der Waals surface area (Å²) in [4.78, 5) is 36.0. The summed E-state index contributed by atoms with van der Waals surface area (Å²) in [5.41, 5.74) is 5.39. The maximum Gasteiger partial charge on any atom is 0.305 e. The quantitative estimate of drug-likeness (QED) is 0.530. The summed E-state index contributed by atoms with van der Waals surface area (Å²) >= 11 is 0. The molecule has 1 saturated heterocycles. The van der Waals surface area contributed by atoms with Crippen LogP contribution in [0.2, 0.25) is 0 Å². The minimum absolute atomic E-state index is 0.140. The lowest BCUT2D eigenvalue weighted by molar-refractivity contribution is -0.148. The molecule has 7 nitrogen and oxygen atoms in total. The third-order valence-electron chi connectivity index (χ3n) is 3.36. The summed E-state index contributed by atoms with van der Waals surface area (Å²) in [6, 6.07) is -0.877. The number of carboxylic acids is 1. The van der Waals surface area contributed by atoms with Crippen LogP contribution in [0, 0.1) is 0 Å². The molecule has 1 heterocycles. The molecule has 1 fully saturated rings. The minimum atomic E-state index is -1.08. The molecular weight excluding hydrogens is 262 g/mol. The zero-order valence-electron chi connectivity index (χ0n) is 11.6. The van der Waals surface area contributed by atoms with Crippen molar-refractivity contribution in [1.29, 1.82) is 0 Å². The molecule has 2 amide bonds. The average molecular weight is 285 g/mol. The molecule has 20 heavy (non-hydrogen) atoms. The fourth-order valence-corrected chi connectivity index (χ4v) is 2.30. The first kappa shape index (κ1) is 16.4. The third kappa shape index (κ3) is 5.16. The van der Waals surface area contributed by atoms with Gasteiger partial charge in [-0.3, -0.25) is 14.4 Å². The molecule has 4 N–H and O–H groups in total. The first-order valence-corrected chi connectivity index (χ1v) is 7.05. The van der Waals surface area contributed by atoms with Gasteiger partial charge in [-0.15, -0.1) is 0 Å². The molecule has 114 valence electrons. The lowest BCUT2D eigenvalue weighted by atomic mass is 10.1. The summed E-state index contributed by atoms with van der Waals surface area (Å²) in [7, 11) is 0. The van der Waals surface area contributed by atoms with Gasteiger partial charge in [0.15, 0.2) is 0 Å². The van der Waals surface area contributed by atoms with Crippen molar-refractivity contribution >= 4 is 17.8 Å². The van der Waals surface area contributed by atoms with Crippen LogP contribution in [0.25, 0.3) is 0 Å². The Hall–Kier alpha value is -1.63. The van der Waals surface area contributed by atoms with Crippen LogP contribution in [0.3, 0.4) is 0 Å². The highest BCUT2D eigenvalue weighted by atomic mass is 16.4. The van der Waals surface area contributed by atoms with Gasteiger partial charge in [-0.1, -0.05) is 12.8 Å². The van der Waals surface area contributed by atoms with Crippen molar-refractivity contribution in [2.24, 2.45) is 5.73 Å². The number of aliphatic carboxylic acids is 1. The van der Waals surface area contributed by atoms with Gasteiger partial charge in [-0.05, 0) is 19.4 Å². The molecule has 1 atom stereocenters. The highest BCUT2D eigenvalue weighted by Gasteiger charge is 2.34. The fourth-order valence-electron chi connectivity index (χ4n) is 2.30. The van der Waals surface area contributed by atoms with Gasteiger partial charge in [0.1, 0.15) is 6.04 Å². The van der Waals surface area contributed by atoms with E-state index in [0.29, 0.717) is 26.1 Å². The Bertz CT molecular complexity index is 360. The molecule has 0 radical (unpaired) electrons. The fraction of sp³-hybridized carbons (Fsp3) is 0.769. The number of nitrogens with one attached hydrogen (secondary N) is 1. The van der Waals surface area contributed by atoms with Gasteiger partial charge in [0.25, 0.3) is 0 Å². The maximum atomic E-state index is 12.1. The number of carbonyl (C=O) groups excluding carboxylic acids is 2. The van der Waals surface area contributed by atoms with Crippen molar-refractivity contribution < 1.29 is 19.5 Å². The number of nitrogens with two attached hydrogens (primary N) is 1. The number of nitrogens with zero attached hydrogens (tertiary/aromatic N) is 1. The first-order valence-electron chi connectivity index (χ1n) is 7.05. The number of unbranched alkanes of at least 4 members (excludes halogenated alkanes) is 3. The molecule has 0 saturated carbocycles. The number of amides is 2. The molecule has 1 aliphatic rings. The van der Waals surface area contributed by atoms with Crippen LogP contribution < -0.4 is 11.1 Å². The lowest BCUT2D eigenvalue weighted by Gasteiger charge is -2.34. The Morgan fingerprint density at radius 2 is 2.00 bits per heavy atom. The number of carbonyl (C=O) groups is 3. The summed E-state index contributed by atoms with van der Waals surface area (Å²) in [6.07, 6.45) is 3.62. The predicted octanol–water partition coefficient (Wildman–Crippen LogP) is -0.303. The Morgan fingerprint density at radius 1 is 1.30 bits per heavy atom. The van der Waals surface area contributed by atoms with Gasteiger partial charge in [0.05, 0.1) is 6.42 Å². The number of piperazine rings is 1. The topological polar surface area (TPSA) is 113 Å². The highest BCUT2D eigenvalue weighted by molar-refractivity contribution is 5.91. The van der Waals surface area contributed by atoms with Crippen molar-refractivity contribution in [1.82, 2.24) is 10.2 Å². The lowest BCUT2D eigenvalue weighted by Crippen LogP contribution is -2.57. The van der Waals surface area contributed by atoms with Crippen LogP contribution in [0.5, 0.6) is 0 Å². The van der Waals surface area contributed by atoms with Gasteiger partial charge in [-0.25, -0.2) is 0 Å². The number of rotatable bonds is 8. The number of hydrogen-bond donors (Lipinski definition) is 3. The maximum absolute atomic E-state index is 12.1. The van der Waals surface area contributed by atoms with Gasteiger partial charge in [0, 0.05) is 19.5 Å². The molecule has 1 aliphatic heterocycles. The van der Waals surface area contributed by atoms with E-state index in [4.69, 9.17) is 10.8 Å². The molecule has 7 heteroatoms. The molecule has 0 aromatic heterocycles. The van der Waals surface area contributed by atoms with Crippen LogP contribution in [-0.2, 0) is 14.4 Å². The Balaban J connectivity index is 2.46. The standard InChI is InChI=1S/C13H23N3O4/c14-6-4-2-1-3-5-11(17)16-8-7-15-13(20)10(16)9-12(18)19/h10H,1-9,14H2,(H,15,20)(H,18,19). The van der Waals surface area contributed by atoms with Crippen molar-refractivity contribution in [2.75, 3.05) is 19.6 Å². The van der Waals surface area contributed by atoms with Gasteiger partial charge >= 0.3 is 5.97 Å². The summed E-state index contributed by atoms with van der Waals surface area (Å²) in [5.74, 6) is -1.60. The molecule has 1 rings (SSSR count). The van der Waals surface area contributed by atoms with E-state index >= 15 is 0 Å².